The third kappa shape index (κ3) is 2.17. The molecule has 0 spiro atoms. The van der Waals surface area contributed by atoms with Crippen molar-refractivity contribution in [2.75, 3.05) is 20.1 Å². The van der Waals surface area contributed by atoms with Crippen LogP contribution in [0.3, 0.4) is 0 Å². The first-order valence-electron chi connectivity index (χ1n) is 3.86. The highest BCUT2D eigenvalue weighted by Gasteiger charge is 2.31. The number of likely N-dealkylation sites (N-methyl/N-ethyl adjacent to an activating group) is 1. The van der Waals surface area contributed by atoms with Crippen molar-refractivity contribution in [1.82, 2.24) is 9.21 Å². The normalized spacial score (nSPS) is 26.5. The lowest BCUT2D eigenvalue weighted by molar-refractivity contribution is -0.135. The molecule has 0 saturated carbocycles. The maximum atomic E-state index is 11.2. The van der Waals surface area contributed by atoms with E-state index in [4.69, 9.17) is 5.14 Å². The van der Waals surface area contributed by atoms with Gasteiger partial charge in [0, 0.05) is 19.6 Å². The first kappa shape index (κ1) is 10.4. The number of nitrogens with zero attached hydrogens (tertiary/aromatic N) is 2. The summed E-state index contributed by atoms with van der Waals surface area (Å²) in [5, 5.41) is 4.91. The van der Waals surface area contributed by atoms with Crippen LogP contribution in [0.5, 0.6) is 0 Å². The Kier molecular flexibility index (Phi) is 2.60. The fraction of sp³-hybridized carbons (Fsp3) is 0.833. The number of piperazine rings is 1. The van der Waals surface area contributed by atoms with Crippen molar-refractivity contribution in [1.29, 1.82) is 0 Å². The third-order valence-corrected chi connectivity index (χ3v) is 3.19. The van der Waals surface area contributed by atoms with E-state index in [1.54, 1.807) is 14.0 Å². The molecule has 1 aliphatic rings. The minimum atomic E-state index is -3.73. The van der Waals surface area contributed by atoms with E-state index < -0.39 is 10.2 Å². The molecule has 1 heterocycles. The van der Waals surface area contributed by atoms with Crippen LogP contribution in [0.15, 0.2) is 0 Å². The predicted molar refractivity (Wildman–Crippen MR) is 46.9 cm³/mol. The first-order valence-corrected chi connectivity index (χ1v) is 5.36. The summed E-state index contributed by atoms with van der Waals surface area (Å²) in [6.45, 7) is 1.88. The van der Waals surface area contributed by atoms with Gasteiger partial charge in [-0.2, -0.15) is 12.7 Å². The molecular weight excluding hydrogens is 194 g/mol. The molecule has 0 aromatic rings. The summed E-state index contributed by atoms with van der Waals surface area (Å²) in [6.07, 6.45) is 0. The molecule has 2 N–H and O–H groups in total. The average molecular weight is 207 g/mol. The second-order valence-corrected chi connectivity index (χ2v) is 4.74. The standard InChI is InChI=1S/C6H13N3O3S/c1-5-3-9(13(7,11)12)4-6(10)8(5)2/h5H,3-4H2,1-2H3,(H2,7,11,12). The smallest absolute Gasteiger partial charge is 0.277 e. The summed E-state index contributed by atoms with van der Waals surface area (Å²) in [5.74, 6) is -0.229. The Hall–Kier alpha value is -0.660. The van der Waals surface area contributed by atoms with Crippen molar-refractivity contribution in [3.63, 3.8) is 0 Å². The summed E-state index contributed by atoms with van der Waals surface area (Å²) >= 11 is 0. The maximum Gasteiger partial charge on any atom is 0.277 e. The van der Waals surface area contributed by atoms with Crippen LogP contribution in [0.1, 0.15) is 6.92 Å². The molecule has 1 aliphatic heterocycles. The first-order chi connectivity index (χ1) is 5.82. The number of carbonyl (C=O) groups excluding carboxylic acids is 1. The lowest BCUT2D eigenvalue weighted by Gasteiger charge is -2.35. The molecule has 76 valence electrons. The van der Waals surface area contributed by atoms with Crippen molar-refractivity contribution in [3.05, 3.63) is 0 Å². The number of rotatable bonds is 1. The van der Waals surface area contributed by atoms with Gasteiger partial charge in [0.25, 0.3) is 10.2 Å². The van der Waals surface area contributed by atoms with Crippen molar-refractivity contribution in [2.24, 2.45) is 5.14 Å². The van der Waals surface area contributed by atoms with Gasteiger partial charge in [0.05, 0.1) is 6.54 Å². The lowest BCUT2D eigenvalue weighted by Crippen LogP contribution is -2.56. The number of hydrogen-bond acceptors (Lipinski definition) is 3. The van der Waals surface area contributed by atoms with Crippen LogP contribution in [0.2, 0.25) is 0 Å². The molecule has 6 nitrogen and oxygen atoms in total. The van der Waals surface area contributed by atoms with Gasteiger partial charge in [0.15, 0.2) is 0 Å². The number of nitrogens with two attached hydrogens (primary N) is 1. The van der Waals surface area contributed by atoms with Gasteiger partial charge in [-0.25, -0.2) is 5.14 Å². The van der Waals surface area contributed by atoms with E-state index >= 15 is 0 Å². The Morgan fingerprint density at radius 3 is 2.46 bits per heavy atom. The SMILES string of the molecule is CC1CN(S(N)(=O)=O)CC(=O)N1C. The molecule has 7 heteroatoms. The highest BCUT2D eigenvalue weighted by Crippen LogP contribution is 2.09. The summed E-state index contributed by atoms with van der Waals surface area (Å²) in [4.78, 5) is 12.7. The van der Waals surface area contributed by atoms with Crippen LogP contribution in [0, 0.1) is 0 Å². The number of amides is 1. The van der Waals surface area contributed by atoms with E-state index in [1.807, 2.05) is 0 Å². The zero-order valence-corrected chi connectivity index (χ0v) is 8.41. The zero-order chi connectivity index (χ0) is 10.2. The quantitative estimate of drug-likeness (QED) is 0.559. The van der Waals surface area contributed by atoms with Gasteiger partial charge in [0.2, 0.25) is 5.91 Å². The molecule has 0 aliphatic carbocycles. The zero-order valence-electron chi connectivity index (χ0n) is 7.60. The van der Waals surface area contributed by atoms with E-state index in [0.29, 0.717) is 0 Å². The molecule has 1 atom stereocenters. The highest BCUT2D eigenvalue weighted by molar-refractivity contribution is 7.86. The molecule has 0 aromatic heterocycles. The van der Waals surface area contributed by atoms with Crippen LogP contribution >= 0.6 is 0 Å². The van der Waals surface area contributed by atoms with Crippen molar-refractivity contribution in [2.45, 2.75) is 13.0 Å². The summed E-state index contributed by atoms with van der Waals surface area (Å²) in [7, 11) is -2.08. The summed E-state index contributed by atoms with van der Waals surface area (Å²) in [5.41, 5.74) is 0. The Labute approximate surface area is 77.5 Å². The second-order valence-electron chi connectivity index (χ2n) is 3.19. The molecule has 1 amide bonds. The van der Waals surface area contributed by atoms with E-state index in [-0.39, 0.29) is 25.0 Å². The van der Waals surface area contributed by atoms with Crippen LogP contribution < -0.4 is 5.14 Å². The summed E-state index contributed by atoms with van der Waals surface area (Å²) in [6, 6.07) is -0.125. The molecule has 1 rings (SSSR count). The van der Waals surface area contributed by atoms with Gasteiger partial charge in [-0.1, -0.05) is 0 Å². The van der Waals surface area contributed by atoms with Crippen molar-refractivity contribution < 1.29 is 13.2 Å². The Balaban J connectivity index is 2.81. The third-order valence-electron chi connectivity index (χ3n) is 2.19. The molecule has 13 heavy (non-hydrogen) atoms. The highest BCUT2D eigenvalue weighted by atomic mass is 32.2. The van der Waals surface area contributed by atoms with Gasteiger partial charge in [-0.05, 0) is 6.92 Å². The van der Waals surface area contributed by atoms with Gasteiger partial charge >= 0.3 is 0 Å². The van der Waals surface area contributed by atoms with Crippen LogP contribution in [-0.2, 0) is 15.0 Å². The van der Waals surface area contributed by atoms with Gasteiger partial charge in [0.1, 0.15) is 0 Å². The van der Waals surface area contributed by atoms with Gasteiger partial charge in [-0.3, -0.25) is 4.79 Å². The summed E-state index contributed by atoms with van der Waals surface area (Å²) < 4.78 is 22.8. The fourth-order valence-corrected chi connectivity index (χ4v) is 1.90. The largest absolute Gasteiger partial charge is 0.341 e. The molecule has 1 fully saturated rings. The number of hydrogen-bond donors (Lipinski definition) is 1. The van der Waals surface area contributed by atoms with Crippen LogP contribution in [0.4, 0.5) is 0 Å². The minimum absolute atomic E-state index is 0.125. The van der Waals surface area contributed by atoms with Crippen LogP contribution in [-0.4, -0.2) is 49.7 Å². The van der Waals surface area contributed by atoms with Gasteiger partial charge in [-0.15, -0.1) is 0 Å². The second kappa shape index (κ2) is 3.24. The molecule has 1 saturated heterocycles. The predicted octanol–water partition coefficient (Wildman–Crippen LogP) is -1.65. The monoisotopic (exact) mass is 207 g/mol. The molecule has 1 unspecified atom stereocenters. The molecular formula is C6H13N3O3S. The van der Waals surface area contributed by atoms with E-state index in [2.05, 4.69) is 0 Å². The Bertz CT molecular complexity index is 313. The Morgan fingerprint density at radius 1 is 1.54 bits per heavy atom. The van der Waals surface area contributed by atoms with E-state index in [1.165, 1.54) is 4.90 Å². The van der Waals surface area contributed by atoms with Gasteiger partial charge < -0.3 is 4.90 Å². The minimum Gasteiger partial charge on any atom is -0.341 e. The average Bonchev–Trinajstić information content (AvgIpc) is 1.97. The molecule has 0 bridgehead atoms. The molecule has 0 aromatic carbocycles. The number of carbonyl (C=O) groups is 1. The Morgan fingerprint density at radius 2 is 2.08 bits per heavy atom. The maximum absolute atomic E-state index is 11.2. The lowest BCUT2D eigenvalue weighted by atomic mass is 10.2. The fourth-order valence-electron chi connectivity index (χ4n) is 1.18. The van der Waals surface area contributed by atoms with E-state index in [0.717, 1.165) is 4.31 Å². The van der Waals surface area contributed by atoms with Crippen molar-refractivity contribution in [3.8, 4) is 0 Å². The van der Waals surface area contributed by atoms with Crippen molar-refractivity contribution >= 4 is 16.1 Å². The molecule has 0 radical (unpaired) electrons. The van der Waals surface area contributed by atoms with E-state index in [9.17, 15) is 13.2 Å². The van der Waals surface area contributed by atoms with Crippen LogP contribution in [0.25, 0.3) is 0 Å². The topological polar surface area (TPSA) is 83.7 Å².